The topological polar surface area (TPSA) is 73.9 Å². The van der Waals surface area contributed by atoms with Gasteiger partial charge in [0, 0.05) is 24.5 Å². The van der Waals surface area contributed by atoms with Crippen molar-refractivity contribution in [2.45, 2.75) is 64.0 Å². The molecular weight excluding hydrogens is 266 g/mol. The Morgan fingerprint density at radius 1 is 1.29 bits per heavy atom. The molecule has 6 nitrogen and oxygen atoms in total. The number of nitrogens with zero attached hydrogens (tertiary/aromatic N) is 3. The normalized spacial score (nSPS) is 26.5. The van der Waals surface area contributed by atoms with Crippen molar-refractivity contribution in [1.29, 1.82) is 0 Å². The van der Waals surface area contributed by atoms with E-state index in [-0.39, 0.29) is 11.8 Å². The second-order valence-electron chi connectivity index (χ2n) is 6.46. The number of hydrogen-bond donors (Lipinski definition) is 2. The maximum Gasteiger partial charge on any atom is 0.293 e. The summed E-state index contributed by atoms with van der Waals surface area (Å²) in [7, 11) is 0. The molecule has 2 fully saturated rings. The third-order valence-electron chi connectivity index (χ3n) is 4.61. The van der Waals surface area contributed by atoms with Crippen LogP contribution >= 0.6 is 0 Å². The average molecular weight is 291 g/mol. The lowest BCUT2D eigenvalue weighted by Gasteiger charge is -2.38. The van der Waals surface area contributed by atoms with E-state index in [1.54, 1.807) is 0 Å². The zero-order chi connectivity index (χ0) is 14.8. The van der Waals surface area contributed by atoms with Crippen molar-refractivity contribution in [2.24, 2.45) is 0 Å². The molecule has 1 aromatic rings. The van der Waals surface area contributed by atoms with Crippen LogP contribution in [0.2, 0.25) is 0 Å². The van der Waals surface area contributed by atoms with Crippen molar-refractivity contribution in [3.05, 3.63) is 11.6 Å². The smallest absolute Gasteiger partial charge is 0.293 e. The van der Waals surface area contributed by atoms with Gasteiger partial charge < -0.3 is 10.2 Å². The number of aromatic nitrogens is 3. The number of carbonyl (C=O) groups is 1. The molecule has 2 aliphatic rings. The summed E-state index contributed by atoms with van der Waals surface area (Å²) in [5.74, 6) is 1.35. The number of hydrogen-bond acceptors (Lipinski definition) is 4. The van der Waals surface area contributed by atoms with Crippen LogP contribution < -0.4 is 5.32 Å². The minimum Gasteiger partial charge on any atom is -0.331 e. The first-order valence-corrected chi connectivity index (χ1v) is 8.13. The van der Waals surface area contributed by atoms with Gasteiger partial charge in [-0.3, -0.25) is 9.89 Å². The summed E-state index contributed by atoms with van der Waals surface area (Å²) in [5, 5.41) is 10.6. The largest absolute Gasteiger partial charge is 0.331 e. The maximum absolute atomic E-state index is 12.8. The fraction of sp³-hybridized carbons (Fsp3) is 0.800. The highest BCUT2D eigenvalue weighted by Crippen LogP contribution is 2.25. The fourth-order valence-electron chi connectivity index (χ4n) is 3.42. The van der Waals surface area contributed by atoms with E-state index in [9.17, 15) is 4.79 Å². The Hall–Kier alpha value is -1.43. The lowest BCUT2D eigenvalue weighted by atomic mass is 9.94. The molecule has 2 atom stereocenters. The van der Waals surface area contributed by atoms with Crippen molar-refractivity contribution in [3.8, 4) is 0 Å². The number of carbonyl (C=O) groups excluding carboxylic acids is 1. The average Bonchev–Trinajstić information content (AvgIpc) is 3.18. The molecule has 1 aromatic heterocycles. The van der Waals surface area contributed by atoms with Crippen LogP contribution in [-0.4, -0.2) is 51.2 Å². The predicted octanol–water partition coefficient (Wildman–Crippen LogP) is 1.67. The van der Waals surface area contributed by atoms with Crippen molar-refractivity contribution in [1.82, 2.24) is 25.4 Å². The molecule has 0 spiro atoms. The number of rotatable bonds is 3. The third kappa shape index (κ3) is 2.95. The summed E-state index contributed by atoms with van der Waals surface area (Å²) in [4.78, 5) is 19.1. The number of aromatic amines is 1. The van der Waals surface area contributed by atoms with Crippen LogP contribution in [0.25, 0.3) is 0 Å². The van der Waals surface area contributed by atoms with E-state index in [2.05, 4.69) is 20.5 Å². The van der Waals surface area contributed by atoms with Gasteiger partial charge in [0.1, 0.15) is 5.82 Å². The summed E-state index contributed by atoms with van der Waals surface area (Å²) >= 11 is 0. The molecular formula is C15H25N5O. The molecule has 2 N–H and O–H groups in total. The molecule has 6 heteroatoms. The molecule has 0 radical (unpaired) electrons. The maximum atomic E-state index is 12.8. The molecule has 1 amide bonds. The SMILES string of the molecule is CC(C)c1nc(C(=O)N2CCCCC2C2CCCN2)n[nH]1. The van der Waals surface area contributed by atoms with Crippen molar-refractivity contribution < 1.29 is 4.79 Å². The van der Waals surface area contributed by atoms with Gasteiger partial charge in [-0.2, -0.15) is 0 Å². The molecule has 0 aromatic carbocycles. The highest BCUT2D eigenvalue weighted by Gasteiger charge is 2.35. The van der Waals surface area contributed by atoms with Crippen LogP contribution in [0.3, 0.4) is 0 Å². The second-order valence-corrected chi connectivity index (χ2v) is 6.46. The van der Waals surface area contributed by atoms with Gasteiger partial charge in [-0.1, -0.05) is 13.8 Å². The Morgan fingerprint density at radius 3 is 2.81 bits per heavy atom. The summed E-state index contributed by atoms with van der Waals surface area (Å²) < 4.78 is 0. The van der Waals surface area contributed by atoms with Gasteiger partial charge in [0.15, 0.2) is 0 Å². The van der Waals surface area contributed by atoms with Crippen LogP contribution in [0.5, 0.6) is 0 Å². The fourth-order valence-corrected chi connectivity index (χ4v) is 3.42. The van der Waals surface area contributed by atoms with E-state index in [0.717, 1.165) is 31.8 Å². The molecule has 2 saturated heterocycles. The van der Waals surface area contributed by atoms with E-state index in [4.69, 9.17) is 0 Å². The van der Waals surface area contributed by atoms with Crippen LogP contribution in [0.1, 0.15) is 68.3 Å². The number of H-pyrrole nitrogens is 1. The van der Waals surface area contributed by atoms with Crippen LogP contribution in [0, 0.1) is 0 Å². The molecule has 0 bridgehead atoms. The van der Waals surface area contributed by atoms with Crippen molar-refractivity contribution >= 4 is 5.91 Å². The molecule has 116 valence electrons. The number of amides is 1. The molecule has 3 rings (SSSR count). The lowest BCUT2D eigenvalue weighted by molar-refractivity contribution is 0.0551. The predicted molar refractivity (Wildman–Crippen MR) is 80.2 cm³/mol. The van der Waals surface area contributed by atoms with Crippen molar-refractivity contribution in [3.63, 3.8) is 0 Å². The van der Waals surface area contributed by atoms with Gasteiger partial charge in [0.2, 0.25) is 5.82 Å². The first kappa shape index (κ1) is 14.5. The zero-order valence-corrected chi connectivity index (χ0v) is 12.9. The van der Waals surface area contributed by atoms with Gasteiger partial charge in [-0.05, 0) is 38.6 Å². The quantitative estimate of drug-likeness (QED) is 0.888. The van der Waals surface area contributed by atoms with E-state index in [1.807, 2.05) is 18.7 Å². The van der Waals surface area contributed by atoms with Gasteiger partial charge in [-0.25, -0.2) is 4.98 Å². The Kier molecular flexibility index (Phi) is 4.24. The van der Waals surface area contributed by atoms with Crippen molar-refractivity contribution in [2.75, 3.05) is 13.1 Å². The molecule has 0 aliphatic carbocycles. The first-order chi connectivity index (χ1) is 10.2. The summed E-state index contributed by atoms with van der Waals surface area (Å²) in [6, 6.07) is 0.743. The molecule has 2 aliphatic heterocycles. The van der Waals surface area contributed by atoms with Crippen LogP contribution in [-0.2, 0) is 0 Å². The Morgan fingerprint density at radius 2 is 2.14 bits per heavy atom. The second kappa shape index (κ2) is 6.13. The molecule has 21 heavy (non-hydrogen) atoms. The van der Waals surface area contributed by atoms with E-state index < -0.39 is 0 Å². The summed E-state index contributed by atoms with van der Waals surface area (Å²) in [5.41, 5.74) is 0. The zero-order valence-electron chi connectivity index (χ0n) is 12.9. The Balaban J connectivity index is 1.76. The van der Waals surface area contributed by atoms with Crippen LogP contribution in [0.4, 0.5) is 0 Å². The third-order valence-corrected chi connectivity index (χ3v) is 4.61. The molecule has 2 unspecified atom stereocenters. The van der Waals surface area contributed by atoms with Gasteiger partial charge in [-0.15, -0.1) is 5.10 Å². The van der Waals surface area contributed by atoms with Crippen LogP contribution in [0.15, 0.2) is 0 Å². The number of likely N-dealkylation sites (tertiary alicyclic amines) is 1. The number of piperidine rings is 1. The summed E-state index contributed by atoms with van der Waals surface area (Å²) in [6.45, 7) is 5.98. The van der Waals surface area contributed by atoms with E-state index in [1.165, 1.54) is 19.3 Å². The first-order valence-electron chi connectivity index (χ1n) is 8.13. The standard InChI is InChI=1S/C15H25N5O/c1-10(2)13-17-14(19-18-13)15(21)20-9-4-3-7-12(20)11-6-5-8-16-11/h10-12,16H,3-9H2,1-2H3,(H,17,18,19). The number of nitrogens with one attached hydrogen (secondary N) is 2. The Labute approximate surface area is 125 Å². The highest BCUT2D eigenvalue weighted by atomic mass is 16.2. The minimum atomic E-state index is -0.0171. The monoisotopic (exact) mass is 291 g/mol. The minimum absolute atomic E-state index is 0.0171. The van der Waals surface area contributed by atoms with E-state index >= 15 is 0 Å². The molecule has 3 heterocycles. The van der Waals surface area contributed by atoms with Gasteiger partial charge >= 0.3 is 0 Å². The van der Waals surface area contributed by atoms with Gasteiger partial charge in [0.05, 0.1) is 0 Å². The highest BCUT2D eigenvalue weighted by molar-refractivity contribution is 5.90. The Bertz CT molecular complexity index is 492. The lowest BCUT2D eigenvalue weighted by Crippen LogP contribution is -2.52. The van der Waals surface area contributed by atoms with Gasteiger partial charge in [0.25, 0.3) is 5.91 Å². The van der Waals surface area contributed by atoms with E-state index in [0.29, 0.717) is 17.9 Å². The molecule has 0 saturated carbocycles. The summed E-state index contributed by atoms with van der Waals surface area (Å²) in [6.07, 6.45) is 5.75.